The molecule has 0 saturated carbocycles. The standard InChI is InChI=1S/C7H6ClNO2S2/c1-2-5-9-13(10,11)7-4-3-6(8)12-7/h1,3-4,9H,5H2. The lowest BCUT2D eigenvalue weighted by Gasteiger charge is -1.98. The molecule has 6 heteroatoms. The molecule has 1 N–H and O–H groups in total. The largest absolute Gasteiger partial charge is 0.250 e. The maximum absolute atomic E-state index is 11.3. The van der Waals surface area contributed by atoms with Crippen molar-refractivity contribution in [3.05, 3.63) is 16.5 Å². The van der Waals surface area contributed by atoms with Gasteiger partial charge in [0.05, 0.1) is 10.9 Å². The Kier molecular flexibility index (Phi) is 3.33. The summed E-state index contributed by atoms with van der Waals surface area (Å²) in [5.41, 5.74) is 0. The molecule has 1 aromatic rings. The van der Waals surface area contributed by atoms with Crippen LogP contribution < -0.4 is 4.72 Å². The highest BCUT2D eigenvalue weighted by Gasteiger charge is 2.14. The Bertz CT molecular complexity index is 430. The fourth-order valence-corrected chi connectivity index (χ4v) is 3.11. The van der Waals surface area contributed by atoms with Crippen LogP contribution in [0, 0.1) is 12.3 Å². The first kappa shape index (κ1) is 10.5. The van der Waals surface area contributed by atoms with E-state index in [1.54, 1.807) is 0 Å². The van der Waals surface area contributed by atoms with Crippen molar-refractivity contribution in [2.75, 3.05) is 6.54 Å². The summed E-state index contributed by atoms with van der Waals surface area (Å²) in [5.74, 6) is 2.18. The lowest BCUT2D eigenvalue weighted by molar-refractivity contribution is 0.588. The number of terminal acetylenes is 1. The van der Waals surface area contributed by atoms with Crippen LogP contribution in [-0.4, -0.2) is 15.0 Å². The first-order valence-electron chi connectivity index (χ1n) is 3.25. The van der Waals surface area contributed by atoms with Crippen molar-refractivity contribution in [1.82, 2.24) is 4.72 Å². The summed E-state index contributed by atoms with van der Waals surface area (Å²) in [6.07, 6.45) is 4.92. The SMILES string of the molecule is C#CCNS(=O)(=O)c1ccc(Cl)s1. The third-order valence-electron chi connectivity index (χ3n) is 1.18. The van der Waals surface area contributed by atoms with Crippen LogP contribution in [0.2, 0.25) is 4.34 Å². The smallest absolute Gasteiger partial charge is 0.206 e. The van der Waals surface area contributed by atoms with Gasteiger partial charge in [0.15, 0.2) is 0 Å². The normalized spacial score (nSPS) is 11.1. The lowest BCUT2D eigenvalue weighted by atomic mass is 10.7. The number of rotatable bonds is 3. The molecule has 1 rings (SSSR count). The van der Waals surface area contributed by atoms with Gasteiger partial charge in [0.25, 0.3) is 10.0 Å². The van der Waals surface area contributed by atoms with Crippen LogP contribution >= 0.6 is 22.9 Å². The van der Waals surface area contributed by atoms with Crippen LogP contribution in [0.5, 0.6) is 0 Å². The van der Waals surface area contributed by atoms with Crippen molar-refractivity contribution >= 4 is 33.0 Å². The summed E-state index contributed by atoms with van der Waals surface area (Å²) in [6.45, 7) is -0.0160. The second kappa shape index (κ2) is 4.11. The molecule has 0 amide bonds. The first-order valence-corrected chi connectivity index (χ1v) is 5.92. The summed E-state index contributed by atoms with van der Waals surface area (Å²) in [6, 6.07) is 2.96. The lowest BCUT2D eigenvalue weighted by Crippen LogP contribution is -2.22. The molecule has 0 aliphatic carbocycles. The van der Waals surface area contributed by atoms with Crippen molar-refractivity contribution in [2.24, 2.45) is 0 Å². The molecule has 0 fully saturated rings. The summed E-state index contributed by atoms with van der Waals surface area (Å²) >= 11 is 6.58. The van der Waals surface area contributed by atoms with Crippen molar-refractivity contribution < 1.29 is 8.42 Å². The quantitative estimate of drug-likeness (QED) is 0.804. The predicted octanol–water partition coefficient (Wildman–Crippen LogP) is 1.31. The molecule has 1 aromatic heterocycles. The van der Waals surface area contributed by atoms with E-state index in [2.05, 4.69) is 10.6 Å². The highest BCUT2D eigenvalue weighted by Crippen LogP contribution is 2.24. The fourth-order valence-electron chi connectivity index (χ4n) is 0.650. The van der Waals surface area contributed by atoms with E-state index in [4.69, 9.17) is 18.0 Å². The minimum Gasteiger partial charge on any atom is -0.206 e. The molecule has 0 atom stereocenters. The second-order valence-electron chi connectivity index (χ2n) is 2.09. The van der Waals surface area contributed by atoms with Crippen LogP contribution in [0.4, 0.5) is 0 Å². The molecule has 0 aliphatic rings. The molecule has 0 aromatic carbocycles. The number of nitrogens with one attached hydrogen (secondary N) is 1. The van der Waals surface area contributed by atoms with E-state index in [1.807, 2.05) is 0 Å². The maximum Gasteiger partial charge on any atom is 0.250 e. The van der Waals surface area contributed by atoms with Gasteiger partial charge in [0, 0.05) is 0 Å². The molecule has 13 heavy (non-hydrogen) atoms. The Labute approximate surface area is 85.8 Å². The van der Waals surface area contributed by atoms with Crippen molar-refractivity contribution in [3.8, 4) is 12.3 Å². The second-order valence-corrected chi connectivity index (χ2v) is 5.80. The third kappa shape index (κ3) is 2.71. The van der Waals surface area contributed by atoms with Crippen LogP contribution in [0.25, 0.3) is 0 Å². The van der Waals surface area contributed by atoms with Crippen LogP contribution in [0.1, 0.15) is 0 Å². The highest BCUT2D eigenvalue weighted by atomic mass is 35.5. The van der Waals surface area contributed by atoms with Crippen molar-refractivity contribution in [2.45, 2.75) is 4.21 Å². The number of thiophene rings is 1. The molecule has 0 unspecified atom stereocenters. The Morgan fingerprint density at radius 1 is 1.62 bits per heavy atom. The van der Waals surface area contributed by atoms with Gasteiger partial charge in [-0.1, -0.05) is 17.5 Å². The minimum absolute atomic E-state index is 0.0160. The average Bonchev–Trinajstić information content (AvgIpc) is 2.49. The Morgan fingerprint density at radius 2 is 2.31 bits per heavy atom. The van der Waals surface area contributed by atoms with Gasteiger partial charge >= 0.3 is 0 Å². The van der Waals surface area contributed by atoms with Gasteiger partial charge in [-0.3, -0.25) is 0 Å². The predicted molar refractivity (Wildman–Crippen MR) is 53.4 cm³/mol. The van der Waals surface area contributed by atoms with Gasteiger partial charge in [-0.15, -0.1) is 17.8 Å². The van der Waals surface area contributed by atoms with E-state index < -0.39 is 10.0 Å². The fraction of sp³-hybridized carbons (Fsp3) is 0.143. The Balaban J connectivity index is 2.89. The van der Waals surface area contributed by atoms with E-state index in [-0.39, 0.29) is 10.8 Å². The minimum atomic E-state index is -3.46. The molecule has 0 saturated heterocycles. The maximum atomic E-state index is 11.3. The molecular weight excluding hydrogens is 230 g/mol. The molecule has 0 radical (unpaired) electrons. The molecule has 70 valence electrons. The molecule has 1 heterocycles. The number of hydrogen-bond acceptors (Lipinski definition) is 3. The molecule has 0 bridgehead atoms. The molecule has 0 spiro atoms. The monoisotopic (exact) mass is 235 g/mol. The van der Waals surface area contributed by atoms with Crippen LogP contribution in [-0.2, 0) is 10.0 Å². The van der Waals surface area contributed by atoms with E-state index in [0.717, 1.165) is 11.3 Å². The topological polar surface area (TPSA) is 46.2 Å². The third-order valence-corrected chi connectivity index (χ3v) is 4.30. The Hall–Kier alpha value is -0.540. The summed E-state index contributed by atoms with van der Waals surface area (Å²) in [4.78, 5) is 0. The van der Waals surface area contributed by atoms with E-state index in [0.29, 0.717) is 4.34 Å². The average molecular weight is 236 g/mol. The van der Waals surface area contributed by atoms with E-state index in [9.17, 15) is 8.42 Å². The Morgan fingerprint density at radius 3 is 2.77 bits per heavy atom. The van der Waals surface area contributed by atoms with E-state index >= 15 is 0 Å². The summed E-state index contributed by atoms with van der Waals surface area (Å²) in [7, 11) is -3.46. The molecule has 3 nitrogen and oxygen atoms in total. The van der Waals surface area contributed by atoms with Gasteiger partial charge in [0.1, 0.15) is 4.21 Å². The van der Waals surface area contributed by atoms with Gasteiger partial charge in [-0.05, 0) is 12.1 Å². The zero-order chi connectivity index (χ0) is 9.90. The molecule has 0 aliphatic heterocycles. The molecular formula is C7H6ClNO2S2. The van der Waals surface area contributed by atoms with E-state index in [1.165, 1.54) is 12.1 Å². The van der Waals surface area contributed by atoms with Crippen LogP contribution in [0.3, 0.4) is 0 Å². The van der Waals surface area contributed by atoms with Gasteiger partial charge in [-0.2, -0.15) is 4.72 Å². The zero-order valence-electron chi connectivity index (χ0n) is 6.45. The highest BCUT2D eigenvalue weighted by molar-refractivity contribution is 7.91. The zero-order valence-corrected chi connectivity index (χ0v) is 8.84. The number of sulfonamides is 1. The first-order chi connectivity index (χ1) is 6.06. The van der Waals surface area contributed by atoms with Crippen molar-refractivity contribution in [3.63, 3.8) is 0 Å². The van der Waals surface area contributed by atoms with Gasteiger partial charge in [-0.25, -0.2) is 8.42 Å². The number of halogens is 1. The van der Waals surface area contributed by atoms with Gasteiger partial charge in [0.2, 0.25) is 0 Å². The summed E-state index contributed by atoms with van der Waals surface area (Å²) in [5, 5.41) is 0. The van der Waals surface area contributed by atoms with Gasteiger partial charge < -0.3 is 0 Å². The number of hydrogen-bond donors (Lipinski definition) is 1. The van der Waals surface area contributed by atoms with Crippen LogP contribution in [0.15, 0.2) is 16.3 Å². The van der Waals surface area contributed by atoms with Crippen molar-refractivity contribution in [1.29, 1.82) is 0 Å². The summed E-state index contributed by atoms with van der Waals surface area (Å²) < 4.78 is 25.5.